The van der Waals surface area contributed by atoms with Crippen LogP contribution >= 0.6 is 0 Å². The minimum Gasteiger partial charge on any atom is -0.480 e. The first-order chi connectivity index (χ1) is 8.93. The fraction of sp³-hybridized carbons (Fsp3) is 0.778. The minimum absolute atomic E-state index is 0.00308. The lowest BCUT2D eigenvalue weighted by atomic mass is 10.2. The normalized spacial score (nSPS) is 12.4. The summed E-state index contributed by atoms with van der Waals surface area (Å²) in [5.41, 5.74) is 5.21. The number of carboxylic acid groups (broad SMARTS) is 1. The van der Waals surface area contributed by atoms with E-state index in [4.69, 9.17) is 30.7 Å². The molecule has 0 aliphatic rings. The number of carbonyl (C=O) groups is 2. The Morgan fingerprint density at radius 3 is 2.37 bits per heavy atom. The molecule has 0 radical (unpaired) electrons. The summed E-state index contributed by atoms with van der Waals surface area (Å²) in [5, 5.41) is 24.4. The fourth-order valence-corrected chi connectivity index (χ4v) is 0.963. The maximum atomic E-state index is 11.1. The van der Waals surface area contributed by atoms with Crippen LogP contribution in [0.3, 0.4) is 0 Å². The van der Waals surface area contributed by atoms with Gasteiger partial charge in [0.2, 0.25) is 0 Å². The minimum atomic E-state index is -1.17. The first-order valence-corrected chi connectivity index (χ1v) is 5.46. The maximum Gasteiger partial charge on any atom is 0.320 e. The van der Waals surface area contributed by atoms with Crippen molar-refractivity contribution in [3.8, 4) is 0 Å². The highest BCUT2D eigenvalue weighted by Crippen LogP contribution is 1.97. The highest BCUT2D eigenvalue weighted by Gasteiger charge is 2.13. The second-order valence-electron chi connectivity index (χ2n) is 3.40. The Morgan fingerprint density at radius 2 is 1.79 bits per heavy atom. The molecule has 0 aliphatic carbocycles. The van der Waals surface area contributed by atoms with Gasteiger partial charge in [0, 0.05) is 6.42 Å². The van der Waals surface area contributed by atoms with Crippen LogP contribution in [0.4, 0.5) is 0 Å². The summed E-state index contributed by atoms with van der Waals surface area (Å²) >= 11 is 0. The van der Waals surface area contributed by atoms with Gasteiger partial charge in [-0.15, -0.1) is 0 Å². The van der Waals surface area contributed by atoms with Crippen LogP contribution in [0.25, 0.3) is 0 Å². The molecular formula is C9H18N2O8. The van der Waals surface area contributed by atoms with E-state index in [1.165, 1.54) is 0 Å². The number of esters is 1. The lowest BCUT2D eigenvalue weighted by Crippen LogP contribution is -2.30. The molecule has 0 aromatic rings. The number of hydrogen-bond acceptors (Lipinski definition) is 9. The number of hydrogen-bond donors (Lipinski definition) is 4. The highest BCUT2D eigenvalue weighted by molar-refractivity contribution is 5.75. The molecule has 0 aromatic heterocycles. The number of carbonyl (C=O) groups excluding carboxylic acids is 1. The molecule has 1 atom stereocenters. The topological polar surface area (TPSA) is 152 Å². The Morgan fingerprint density at radius 1 is 1.16 bits per heavy atom. The van der Waals surface area contributed by atoms with Crippen molar-refractivity contribution in [3.63, 3.8) is 0 Å². The summed E-state index contributed by atoms with van der Waals surface area (Å²) in [7, 11) is 0. The third-order valence-corrected chi connectivity index (χ3v) is 1.90. The van der Waals surface area contributed by atoms with E-state index < -0.39 is 23.4 Å². The quantitative estimate of drug-likeness (QED) is 0.205. The number of nitrogens with two attached hydrogens (primary N) is 1. The Hall–Kier alpha value is -1.30. The van der Waals surface area contributed by atoms with Crippen molar-refractivity contribution < 1.29 is 39.4 Å². The number of ether oxygens (including phenoxy) is 2. The largest absolute Gasteiger partial charge is 0.480 e. The Balaban J connectivity index is 3.36. The molecule has 0 saturated heterocycles. The third kappa shape index (κ3) is 11.5. The van der Waals surface area contributed by atoms with Crippen LogP contribution in [0.15, 0.2) is 0 Å². The molecule has 0 heterocycles. The van der Waals surface area contributed by atoms with E-state index in [9.17, 15) is 9.59 Å². The van der Waals surface area contributed by atoms with E-state index in [0.29, 0.717) is 0 Å². The molecule has 0 aromatic carbocycles. The zero-order valence-electron chi connectivity index (χ0n) is 10.2. The molecular weight excluding hydrogens is 264 g/mol. The van der Waals surface area contributed by atoms with Crippen LogP contribution in [0.2, 0.25) is 0 Å². The van der Waals surface area contributed by atoms with Crippen molar-refractivity contribution in [2.24, 2.45) is 5.73 Å². The first kappa shape index (κ1) is 17.7. The van der Waals surface area contributed by atoms with E-state index >= 15 is 0 Å². The van der Waals surface area contributed by atoms with Gasteiger partial charge in [-0.25, -0.2) is 4.84 Å². The standard InChI is InChI=1S/C9H18N2O8/c10-7(9(13)14)1-2-8(12)18-5-3-17-4-6-19-11(15)16/h7,15-16H,1-6,10H2,(H,13,14). The van der Waals surface area contributed by atoms with Gasteiger partial charge in [0.15, 0.2) is 0 Å². The van der Waals surface area contributed by atoms with Gasteiger partial charge >= 0.3 is 11.9 Å². The van der Waals surface area contributed by atoms with Gasteiger partial charge < -0.3 is 20.3 Å². The monoisotopic (exact) mass is 282 g/mol. The predicted molar refractivity (Wildman–Crippen MR) is 58.0 cm³/mol. The predicted octanol–water partition coefficient (Wildman–Crippen LogP) is -1.25. The Bertz CT molecular complexity index is 273. The van der Waals surface area contributed by atoms with Crippen LogP contribution in [0.1, 0.15) is 12.8 Å². The van der Waals surface area contributed by atoms with E-state index in [0.717, 1.165) is 0 Å². The zero-order valence-corrected chi connectivity index (χ0v) is 10.2. The first-order valence-electron chi connectivity index (χ1n) is 5.46. The number of rotatable bonds is 11. The van der Waals surface area contributed by atoms with Gasteiger partial charge in [-0.1, -0.05) is 0 Å². The maximum absolute atomic E-state index is 11.1. The summed E-state index contributed by atoms with van der Waals surface area (Å²) in [6.07, 6.45) is -0.0771. The SMILES string of the molecule is NC(CCC(=O)OCCOCCON(O)O)C(=O)O. The molecule has 19 heavy (non-hydrogen) atoms. The lowest BCUT2D eigenvalue weighted by molar-refractivity contribution is -0.493. The molecule has 112 valence electrons. The smallest absolute Gasteiger partial charge is 0.320 e. The molecule has 0 aliphatic heterocycles. The number of nitrogens with zero attached hydrogens (tertiary/aromatic N) is 1. The van der Waals surface area contributed by atoms with E-state index in [1.807, 2.05) is 0 Å². The Labute approximate surface area is 109 Å². The van der Waals surface area contributed by atoms with Crippen molar-refractivity contribution in [2.45, 2.75) is 18.9 Å². The van der Waals surface area contributed by atoms with Crippen molar-refractivity contribution in [1.29, 1.82) is 0 Å². The van der Waals surface area contributed by atoms with Gasteiger partial charge in [0.25, 0.3) is 0 Å². The Kier molecular flexibility index (Phi) is 9.88. The van der Waals surface area contributed by atoms with Crippen LogP contribution in [0.5, 0.6) is 0 Å². The van der Waals surface area contributed by atoms with Crippen molar-refractivity contribution >= 4 is 11.9 Å². The molecule has 10 nitrogen and oxygen atoms in total. The molecule has 0 bridgehead atoms. The van der Waals surface area contributed by atoms with E-state index in [2.05, 4.69) is 4.84 Å². The summed E-state index contributed by atoms with van der Waals surface area (Å²) in [5.74, 6) is -1.73. The second kappa shape index (κ2) is 10.6. The molecule has 0 rings (SSSR count). The number of carboxylic acids is 1. The molecule has 5 N–H and O–H groups in total. The van der Waals surface area contributed by atoms with Gasteiger partial charge in [-0.05, 0) is 6.42 Å². The van der Waals surface area contributed by atoms with Crippen molar-refractivity contribution in [2.75, 3.05) is 26.4 Å². The average Bonchev–Trinajstić information content (AvgIpc) is 2.34. The van der Waals surface area contributed by atoms with Gasteiger partial charge in [0.05, 0.1) is 25.2 Å². The molecule has 10 heteroatoms. The molecule has 0 amide bonds. The third-order valence-electron chi connectivity index (χ3n) is 1.90. The lowest BCUT2D eigenvalue weighted by Gasteiger charge is -2.08. The van der Waals surface area contributed by atoms with Gasteiger partial charge in [0.1, 0.15) is 12.6 Å². The molecule has 0 fully saturated rings. The summed E-state index contributed by atoms with van der Waals surface area (Å²) in [6.45, 7) is 0.119. The van der Waals surface area contributed by atoms with Crippen LogP contribution < -0.4 is 5.73 Å². The average molecular weight is 282 g/mol. The molecule has 0 spiro atoms. The summed E-state index contributed by atoms with van der Waals surface area (Å²) < 4.78 is 9.67. The van der Waals surface area contributed by atoms with Crippen molar-refractivity contribution in [3.05, 3.63) is 0 Å². The van der Waals surface area contributed by atoms with E-state index in [-0.39, 0.29) is 39.3 Å². The number of aliphatic carboxylic acids is 1. The van der Waals surface area contributed by atoms with Crippen molar-refractivity contribution in [1.82, 2.24) is 5.39 Å². The van der Waals surface area contributed by atoms with Gasteiger partial charge in [-0.2, -0.15) is 0 Å². The van der Waals surface area contributed by atoms with Crippen LogP contribution in [-0.2, 0) is 23.9 Å². The molecule has 1 unspecified atom stereocenters. The fourth-order valence-electron chi connectivity index (χ4n) is 0.963. The van der Waals surface area contributed by atoms with E-state index in [1.54, 1.807) is 0 Å². The van der Waals surface area contributed by atoms with Crippen LogP contribution in [-0.4, -0.2) is 65.3 Å². The van der Waals surface area contributed by atoms with Gasteiger partial charge in [-0.3, -0.25) is 20.0 Å². The zero-order chi connectivity index (χ0) is 14.7. The summed E-state index contributed by atoms with van der Waals surface area (Å²) in [6, 6.07) is -1.08. The van der Waals surface area contributed by atoms with Crippen LogP contribution in [0, 0.1) is 0 Å². The second-order valence-corrected chi connectivity index (χ2v) is 3.40. The highest BCUT2D eigenvalue weighted by atomic mass is 17.1. The molecule has 0 saturated carbocycles. The summed E-state index contributed by atoms with van der Waals surface area (Å²) in [4.78, 5) is 25.7.